The molecule has 1 heteroatoms. The number of nitrogens with zero attached hydrogens (tertiary/aromatic N) is 1. The van der Waals surface area contributed by atoms with Crippen molar-refractivity contribution in [1.82, 2.24) is 0 Å². The molecule has 2 saturated carbocycles. The third-order valence-electron chi connectivity index (χ3n) is 6.03. The van der Waals surface area contributed by atoms with Crippen molar-refractivity contribution in [2.45, 2.75) is 84.0 Å². The van der Waals surface area contributed by atoms with E-state index in [-0.39, 0.29) is 0 Å². The summed E-state index contributed by atoms with van der Waals surface area (Å²) < 4.78 is 0. The van der Waals surface area contributed by atoms with Crippen molar-refractivity contribution in [1.29, 1.82) is 5.26 Å². The van der Waals surface area contributed by atoms with Crippen LogP contribution < -0.4 is 0 Å². The third-order valence-corrected chi connectivity index (χ3v) is 6.03. The fourth-order valence-electron chi connectivity index (χ4n) is 4.62. The second-order valence-electron chi connectivity index (χ2n) is 7.44. The average molecular weight is 287 g/mol. The first-order valence-electron chi connectivity index (χ1n) is 9.39. The lowest BCUT2D eigenvalue weighted by atomic mass is 9.68. The second-order valence-corrected chi connectivity index (χ2v) is 7.44. The Kier molecular flexibility index (Phi) is 7.34. The quantitative estimate of drug-likeness (QED) is 0.418. The van der Waals surface area contributed by atoms with E-state index in [1.807, 2.05) is 0 Å². The maximum atomic E-state index is 8.62. The van der Waals surface area contributed by atoms with Crippen molar-refractivity contribution < 1.29 is 0 Å². The van der Waals surface area contributed by atoms with Gasteiger partial charge in [0.25, 0.3) is 0 Å². The number of hydrogen-bond donors (Lipinski definition) is 0. The van der Waals surface area contributed by atoms with Crippen molar-refractivity contribution in [3.8, 4) is 6.07 Å². The van der Waals surface area contributed by atoms with Gasteiger partial charge in [0.2, 0.25) is 0 Å². The summed E-state index contributed by atoms with van der Waals surface area (Å²) in [6, 6.07) is 2.13. The molecule has 1 nitrogen and oxygen atoms in total. The Balaban J connectivity index is 1.65. The maximum absolute atomic E-state index is 8.62. The molecule has 0 spiro atoms. The SMILES string of the molecule is CCCCC[C@H]1CC[C@H]([C@H]2CC[C@H](C=CC#N)CC2)CC1. The summed E-state index contributed by atoms with van der Waals surface area (Å²) in [6.07, 6.45) is 21.0. The summed E-state index contributed by atoms with van der Waals surface area (Å²) in [6.45, 7) is 2.30. The molecule has 118 valence electrons. The summed E-state index contributed by atoms with van der Waals surface area (Å²) in [4.78, 5) is 0. The Morgan fingerprint density at radius 3 is 2.10 bits per heavy atom. The molecule has 0 aromatic rings. The van der Waals surface area contributed by atoms with Crippen LogP contribution in [0.5, 0.6) is 0 Å². The van der Waals surface area contributed by atoms with Gasteiger partial charge in [0.05, 0.1) is 6.07 Å². The zero-order valence-electron chi connectivity index (χ0n) is 13.9. The van der Waals surface area contributed by atoms with Crippen LogP contribution in [0.15, 0.2) is 12.2 Å². The Labute approximate surface area is 131 Å². The van der Waals surface area contributed by atoms with E-state index in [1.54, 1.807) is 6.08 Å². The van der Waals surface area contributed by atoms with Crippen molar-refractivity contribution >= 4 is 0 Å². The van der Waals surface area contributed by atoms with Crippen LogP contribution in [-0.2, 0) is 0 Å². The van der Waals surface area contributed by atoms with Crippen LogP contribution in [0.1, 0.15) is 84.0 Å². The highest BCUT2D eigenvalue weighted by atomic mass is 14.4. The molecule has 0 N–H and O–H groups in total. The minimum Gasteiger partial charge on any atom is -0.193 e. The number of nitriles is 1. The van der Waals surface area contributed by atoms with Gasteiger partial charge in [-0.3, -0.25) is 0 Å². The molecular formula is C20H33N. The van der Waals surface area contributed by atoms with Crippen molar-refractivity contribution in [3.63, 3.8) is 0 Å². The summed E-state index contributed by atoms with van der Waals surface area (Å²) in [5, 5.41) is 8.62. The zero-order valence-corrected chi connectivity index (χ0v) is 13.9. The van der Waals surface area contributed by atoms with Crippen LogP contribution >= 0.6 is 0 Å². The van der Waals surface area contributed by atoms with E-state index in [0.29, 0.717) is 5.92 Å². The Morgan fingerprint density at radius 1 is 0.905 bits per heavy atom. The van der Waals surface area contributed by atoms with Crippen LogP contribution in [-0.4, -0.2) is 0 Å². The predicted octanol–water partition coefficient (Wildman–Crippen LogP) is 6.26. The molecule has 0 amide bonds. The monoisotopic (exact) mass is 287 g/mol. The minimum absolute atomic E-state index is 0.686. The molecule has 0 unspecified atom stereocenters. The van der Waals surface area contributed by atoms with E-state index in [2.05, 4.69) is 19.1 Å². The van der Waals surface area contributed by atoms with Gasteiger partial charge in [-0.15, -0.1) is 0 Å². The van der Waals surface area contributed by atoms with Crippen LogP contribution in [0.4, 0.5) is 0 Å². The molecule has 0 radical (unpaired) electrons. The van der Waals surface area contributed by atoms with E-state index in [1.165, 1.54) is 77.0 Å². The van der Waals surface area contributed by atoms with Crippen LogP contribution in [0.3, 0.4) is 0 Å². The molecule has 0 aromatic heterocycles. The summed E-state index contributed by atoms with van der Waals surface area (Å²) in [7, 11) is 0. The lowest BCUT2D eigenvalue weighted by Crippen LogP contribution is -2.25. The van der Waals surface area contributed by atoms with Crippen molar-refractivity contribution in [2.24, 2.45) is 23.7 Å². The number of rotatable bonds is 6. The van der Waals surface area contributed by atoms with Gasteiger partial charge in [0.15, 0.2) is 0 Å². The summed E-state index contributed by atoms with van der Waals surface area (Å²) >= 11 is 0. The normalized spacial score (nSPS) is 33.9. The average Bonchev–Trinajstić information content (AvgIpc) is 2.54. The van der Waals surface area contributed by atoms with Gasteiger partial charge in [0.1, 0.15) is 0 Å². The Hall–Kier alpha value is -0.770. The van der Waals surface area contributed by atoms with Gasteiger partial charge in [-0.25, -0.2) is 0 Å². The van der Waals surface area contributed by atoms with E-state index in [9.17, 15) is 0 Å². The highest BCUT2D eigenvalue weighted by molar-refractivity contribution is 5.04. The molecular weight excluding hydrogens is 254 g/mol. The Bertz CT molecular complexity index is 335. The van der Waals surface area contributed by atoms with Gasteiger partial charge in [0, 0.05) is 6.08 Å². The molecule has 0 aromatic carbocycles. The zero-order chi connectivity index (χ0) is 14.9. The van der Waals surface area contributed by atoms with Gasteiger partial charge in [-0.1, -0.05) is 51.5 Å². The molecule has 2 aliphatic rings. The lowest BCUT2D eigenvalue weighted by Gasteiger charge is -2.37. The molecule has 21 heavy (non-hydrogen) atoms. The van der Waals surface area contributed by atoms with Gasteiger partial charge in [-0.05, 0) is 62.2 Å². The first-order valence-corrected chi connectivity index (χ1v) is 9.39. The van der Waals surface area contributed by atoms with Crippen molar-refractivity contribution in [2.75, 3.05) is 0 Å². The fourth-order valence-corrected chi connectivity index (χ4v) is 4.62. The summed E-state index contributed by atoms with van der Waals surface area (Å²) in [5.74, 6) is 3.75. The molecule has 2 rings (SSSR count). The topological polar surface area (TPSA) is 23.8 Å². The van der Waals surface area contributed by atoms with Crippen molar-refractivity contribution in [3.05, 3.63) is 12.2 Å². The van der Waals surface area contributed by atoms with E-state index in [4.69, 9.17) is 5.26 Å². The second kappa shape index (κ2) is 9.29. The third kappa shape index (κ3) is 5.50. The first kappa shape index (κ1) is 16.6. The molecule has 0 heterocycles. The molecule has 0 atom stereocenters. The van der Waals surface area contributed by atoms with Gasteiger partial charge < -0.3 is 0 Å². The van der Waals surface area contributed by atoms with Crippen LogP contribution in [0.25, 0.3) is 0 Å². The van der Waals surface area contributed by atoms with Crippen LogP contribution in [0, 0.1) is 35.0 Å². The minimum atomic E-state index is 0.686. The standard InChI is InChI=1S/C20H33N/c1-2-3-4-6-17-8-12-19(13-9-17)20-14-10-18(11-15-20)7-5-16-21/h5,7,17-20H,2-4,6,8-15H2,1H3/t17-,18-,19-,20-. The molecule has 2 fully saturated rings. The van der Waals surface area contributed by atoms with E-state index >= 15 is 0 Å². The Morgan fingerprint density at radius 2 is 1.52 bits per heavy atom. The number of allylic oxidation sites excluding steroid dienone is 2. The fraction of sp³-hybridized carbons (Fsp3) is 0.850. The lowest BCUT2D eigenvalue weighted by molar-refractivity contribution is 0.151. The molecule has 0 saturated heterocycles. The smallest absolute Gasteiger partial charge is 0.0908 e. The highest BCUT2D eigenvalue weighted by Crippen LogP contribution is 2.42. The van der Waals surface area contributed by atoms with Crippen LogP contribution in [0.2, 0.25) is 0 Å². The largest absolute Gasteiger partial charge is 0.193 e. The maximum Gasteiger partial charge on any atom is 0.0908 e. The molecule has 2 aliphatic carbocycles. The summed E-state index contributed by atoms with van der Waals surface area (Å²) in [5.41, 5.74) is 0. The van der Waals surface area contributed by atoms with Gasteiger partial charge in [-0.2, -0.15) is 5.26 Å². The van der Waals surface area contributed by atoms with E-state index < -0.39 is 0 Å². The number of hydrogen-bond acceptors (Lipinski definition) is 1. The van der Waals surface area contributed by atoms with E-state index in [0.717, 1.165) is 17.8 Å². The van der Waals surface area contributed by atoms with Gasteiger partial charge >= 0.3 is 0 Å². The molecule has 0 bridgehead atoms. The first-order chi connectivity index (χ1) is 10.3. The predicted molar refractivity (Wildman–Crippen MR) is 89.8 cm³/mol. The molecule has 0 aliphatic heterocycles. The number of unbranched alkanes of at least 4 members (excludes halogenated alkanes) is 2. The highest BCUT2D eigenvalue weighted by Gasteiger charge is 2.30.